The smallest absolute Gasteiger partial charge is 0.237 e. The number of carbonyl (C=O) groups is 2. The first-order valence-corrected chi connectivity index (χ1v) is 7.50. The molecule has 0 unspecified atom stereocenters. The van der Waals surface area contributed by atoms with E-state index in [0.717, 1.165) is 24.2 Å². The molecule has 1 saturated carbocycles. The Bertz CT molecular complexity index is 539. The minimum absolute atomic E-state index is 0.0902. The van der Waals surface area contributed by atoms with Gasteiger partial charge < -0.3 is 15.8 Å². The van der Waals surface area contributed by atoms with Crippen molar-refractivity contribution in [1.82, 2.24) is 10.6 Å². The number of hydrogen-bond acceptors (Lipinski definition) is 4. The second-order valence-corrected chi connectivity index (χ2v) is 5.64. The minimum atomic E-state index is -0.715. The summed E-state index contributed by atoms with van der Waals surface area (Å²) in [5.41, 5.74) is 5.71. The zero-order valence-corrected chi connectivity index (χ0v) is 12.9. The fourth-order valence-corrected chi connectivity index (χ4v) is 2.78. The van der Waals surface area contributed by atoms with Gasteiger partial charge in [0.05, 0.1) is 19.2 Å². The molecular formula is C16H23N3O3. The van der Waals surface area contributed by atoms with E-state index in [1.54, 1.807) is 7.11 Å². The molecule has 1 aliphatic rings. The average molecular weight is 305 g/mol. The standard InChI is InChI=1S/C16H23N3O3/c1-22-13-6-4-5-12(9-13)10-18-14(20)11-19-16(15(17)21)7-2-3-8-16/h4-6,9,19H,2-3,7-8,10-11H2,1H3,(H2,17,21)(H,18,20). The van der Waals surface area contributed by atoms with E-state index in [-0.39, 0.29) is 18.4 Å². The van der Waals surface area contributed by atoms with Crippen molar-refractivity contribution in [2.75, 3.05) is 13.7 Å². The molecule has 0 atom stereocenters. The van der Waals surface area contributed by atoms with E-state index >= 15 is 0 Å². The summed E-state index contributed by atoms with van der Waals surface area (Å²) >= 11 is 0. The highest BCUT2D eigenvalue weighted by atomic mass is 16.5. The van der Waals surface area contributed by atoms with E-state index in [0.29, 0.717) is 19.4 Å². The molecular weight excluding hydrogens is 282 g/mol. The van der Waals surface area contributed by atoms with E-state index in [4.69, 9.17) is 10.5 Å². The molecule has 1 aromatic rings. The molecule has 120 valence electrons. The molecule has 1 aliphatic carbocycles. The van der Waals surface area contributed by atoms with Crippen LogP contribution in [-0.2, 0) is 16.1 Å². The summed E-state index contributed by atoms with van der Waals surface area (Å²) in [5, 5.41) is 5.86. The largest absolute Gasteiger partial charge is 0.497 e. The van der Waals surface area contributed by atoms with Crippen LogP contribution in [0.4, 0.5) is 0 Å². The molecule has 2 rings (SSSR count). The summed E-state index contributed by atoms with van der Waals surface area (Å²) in [6.45, 7) is 0.508. The molecule has 0 aromatic heterocycles. The maximum atomic E-state index is 11.9. The van der Waals surface area contributed by atoms with Crippen LogP contribution in [0.5, 0.6) is 5.75 Å². The number of nitrogens with one attached hydrogen (secondary N) is 2. The molecule has 0 heterocycles. The van der Waals surface area contributed by atoms with Gasteiger partial charge in [0.1, 0.15) is 5.75 Å². The average Bonchev–Trinajstić information content (AvgIpc) is 3.01. The predicted octanol–water partition coefficient (Wildman–Crippen LogP) is 0.699. The lowest BCUT2D eigenvalue weighted by Gasteiger charge is -2.26. The summed E-state index contributed by atoms with van der Waals surface area (Å²) in [6.07, 6.45) is 3.32. The Hall–Kier alpha value is -2.08. The summed E-state index contributed by atoms with van der Waals surface area (Å²) in [5.74, 6) is 0.226. The lowest BCUT2D eigenvalue weighted by atomic mass is 9.97. The molecule has 1 aromatic carbocycles. The maximum absolute atomic E-state index is 11.9. The fourth-order valence-electron chi connectivity index (χ4n) is 2.78. The molecule has 0 saturated heterocycles. The number of carbonyl (C=O) groups excluding carboxylic acids is 2. The zero-order valence-electron chi connectivity index (χ0n) is 12.9. The highest BCUT2D eigenvalue weighted by Gasteiger charge is 2.39. The van der Waals surface area contributed by atoms with Crippen molar-refractivity contribution in [2.45, 2.75) is 37.8 Å². The molecule has 1 fully saturated rings. The number of methoxy groups -OCH3 is 1. The lowest BCUT2D eigenvalue weighted by molar-refractivity contribution is -0.125. The molecule has 4 N–H and O–H groups in total. The van der Waals surface area contributed by atoms with Crippen molar-refractivity contribution >= 4 is 11.8 Å². The predicted molar refractivity (Wildman–Crippen MR) is 83.2 cm³/mol. The zero-order chi connectivity index (χ0) is 16.0. The molecule has 6 nitrogen and oxygen atoms in total. The van der Waals surface area contributed by atoms with Crippen molar-refractivity contribution in [3.63, 3.8) is 0 Å². The van der Waals surface area contributed by atoms with Gasteiger partial charge in [0, 0.05) is 6.54 Å². The third kappa shape index (κ3) is 3.98. The van der Waals surface area contributed by atoms with E-state index < -0.39 is 5.54 Å². The van der Waals surface area contributed by atoms with Crippen LogP contribution < -0.4 is 21.1 Å². The fraction of sp³-hybridized carbons (Fsp3) is 0.500. The van der Waals surface area contributed by atoms with E-state index in [1.165, 1.54) is 0 Å². The number of amides is 2. The number of benzene rings is 1. The van der Waals surface area contributed by atoms with Gasteiger partial charge in [0.15, 0.2) is 0 Å². The number of hydrogen-bond donors (Lipinski definition) is 3. The lowest BCUT2D eigenvalue weighted by Crippen LogP contribution is -2.55. The van der Waals surface area contributed by atoms with Gasteiger partial charge in [0.25, 0.3) is 0 Å². The second-order valence-electron chi connectivity index (χ2n) is 5.64. The molecule has 0 radical (unpaired) electrons. The van der Waals surface area contributed by atoms with Gasteiger partial charge in [-0.2, -0.15) is 0 Å². The van der Waals surface area contributed by atoms with Crippen LogP contribution in [0.3, 0.4) is 0 Å². The Balaban J connectivity index is 1.81. The Labute approximate surface area is 130 Å². The molecule has 0 aliphatic heterocycles. The third-order valence-corrected chi connectivity index (χ3v) is 4.14. The summed E-state index contributed by atoms with van der Waals surface area (Å²) in [6, 6.07) is 7.51. The van der Waals surface area contributed by atoms with Crippen LogP contribution >= 0.6 is 0 Å². The van der Waals surface area contributed by atoms with Gasteiger partial charge in [-0.25, -0.2) is 0 Å². The Morgan fingerprint density at radius 1 is 1.32 bits per heavy atom. The summed E-state index contributed by atoms with van der Waals surface area (Å²) in [7, 11) is 1.60. The first-order chi connectivity index (χ1) is 10.6. The number of primary amides is 1. The Kier molecular flexibility index (Phi) is 5.38. The highest BCUT2D eigenvalue weighted by Crippen LogP contribution is 2.29. The first-order valence-electron chi connectivity index (χ1n) is 7.50. The summed E-state index contributed by atoms with van der Waals surface area (Å²) in [4.78, 5) is 23.5. The van der Waals surface area contributed by atoms with Crippen molar-refractivity contribution in [2.24, 2.45) is 5.73 Å². The molecule has 6 heteroatoms. The first kappa shape index (κ1) is 16.3. The SMILES string of the molecule is COc1cccc(CNC(=O)CNC2(C(N)=O)CCCC2)c1. The van der Waals surface area contributed by atoms with E-state index in [9.17, 15) is 9.59 Å². The van der Waals surface area contributed by atoms with E-state index in [2.05, 4.69) is 10.6 Å². The van der Waals surface area contributed by atoms with Crippen molar-refractivity contribution < 1.29 is 14.3 Å². The molecule has 0 bridgehead atoms. The highest BCUT2D eigenvalue weighted by molar-refractivity contribution is 5.86. The Morgan fingerprint density at radius 3 is 2.68 bits per heavy atom. The normalized spacial score (nSPS) is 16.2. The molecule has 2 amide bonds. The van der Waals surface area contributed by atoms with Crippen LogP contribution in [0, 0.1) is 0 Å². The minimum Gasteiger partial charge on any atom is -0.497 e. The third-order valence-electron chi connectivity index (χ3n) is 4.14. The quantitative estimate of drug-likeness (QED) is 0.691. The van der Waals surface area contributed by atoms with Gasteiger partial charge >= 0.3 is 0 Å². The topological polar surface area (TPSA) is 93.4 Å². The molecule has 22 heavy (non-hydrogen) atoms. The van der Waals surface area contributed by atoms with Gasteiger partial charge in [-0.15, -0.1) is 0 Å². The number of nitrogens with two attached hydrogens (primary N) is 1. The van der Waals surface area contributed by atoms with Gasteiger partial charge in [-0.3, -0.25) is 14.9 Å². The monoisotopic (exact) mass is 305 g/mol. The van der Waals surface area contributed by atoms with Crippen LogP contribution in [0.15, 0.2) is 24.3 Å². The Morgan fingerprint density at radius 2 is 2.05 bits per heavy atom. The van der Waals surface area contributed by atoms with Gasteiger partial charge in [-0.1, -0.05) is 25.0 Å². The molecule has 0 spiro atoms. The van der Waals surface area contributed by atoms with Gasteiger partial charge in [-0.05, 0) is 30.5 Å². The van der Waals surface area contributed by atoms with Crippen LogP contribution in [0.2, 0.25) is 0 Å². The number of ether oxygens (including phenoxy) is 1. The maximum Gasteiger partial charge on any atom is 0.237 e. The van der Waals surface area contributed by atoms with Crippen molar-refractivity contribution in [3.05, 3.63) is 29.8 Å². The van der Waals surface area contributed by atoms with Gasteiger partial charge in [0.2, 0.25) is 11.8 Å². The second kappa shape index (κ2) is 7.26. The van der Waals surface area contributed by atoms with Crippen molar-refractivity contribution in [3.8, 4) is 5.75 Å². The number of rotatable bonds is 7. The van der Waals surface area contributed by atoms with Crippen molar-refractivity contribution in [1.29, 1.82) is 0 Å². The van der Waals surface area contributed by atoms with Crippen LogP contribution in [0.25, 0.3) is 0 Å². The van der Waals surface area contributed by atoms with E-state index in [1.807, 2.05) is 24.3 Å². The van der Waals surface area contributed by atoms with Crippen LogP contribution in [0.1, 0.15) is 31.2 Å². The summed E-state index contributed by atoms with van der Waals surface area (Å²) < 4.78 is 5.14. The van der Waals surface area contributed by atoms with Crippen LogP contribution in [-0.4, -0.2) is 31.0 Å².